The molecule has 2 aromatic carbocycles. The standard InChI is InChI=1S/C27H33F3N4O3/c1-17-12-19(15-26(2,3)14-17)34-23-11-10-21(36-16-24(35)33(4)5)13-22(23)32-25(34)31-18-6-8-20(9-7-18)37-27(28,29)30/h6-11,13,17,19H,12,14-16H2,1-5H3,(H,31,32)/t17-,19+/m0/s1. The second kappa shape index (κ2) is 10.1. The Kier molecular flexibility index (Phi) is 7.30. The van der Waals surface area contributed by atoms with Crippen molar-refractivity contribution in [1.29, 1.82) is 0 Å². The van der Waals surface area contributed by atoms with E-state index in [9.17, 15) is 18.0 Å². The van der Waals surface area contributed by atoms with Gasteiger partial charge in [-0.1, -0.05) is 20.8 Å². The maximum atomic E-state index is 12.5. The number of alkyl halides is 3. The second-order valence-electron chi connectivity index (χ2n) is 10.8. The van der Waals surface area contributed by atoms with Gasteiger partial charge in [0, 0.05) is 31.9 Å². The Morgan fingerprint density at radius 1 is 1.14 bits per heavy atom. The Morgan fingerprint density at radius 3 is 2.43 bits per heavy atom. The fraction of sp³-hybridized carbons (Fsp3) is 0.481. The first-order valence-corrected chi connectivity index (χ1v) is 12.3. The van der Waals surface area contributed by atoms with Crippen LogP contribution in [0.25, 0.3) is 11.0 Å². The minimum atomic E-state index is -4.75. The van der Waals surface area contributed by atoms with Gasteiger partial charge in [0.15, 0.2) is 6.61 Å². The molecule has 0 unspecified atom stereocenters. The highest BCUT2D eigenvalue weighted by Gasteiger charge is 2.35. The molecule has 2 atom stereocenters. The molecule has 1 heterocycles. The summed E-state index contributed by atoms with van der Waals surface area (Å²) in [7, 11) is 3.34. The topological polar surface area (TPSA) is 68.6 Å². The zero-order valence-electron chi connectivity index (χ0n) is 21.7. The molecular formula is C27H33F3N4O3. The number of anilines is 2. The molecule has 200 valence electrons. The van der Waals surface area contributed by atoms with Crippen LogP contribution in [0.3, 0.4) is 0 Å². The summed E-state index contributed by atoms with van der Waals surface area (Å²) in [6, 6.07) is 11.3. The molecule has 1 aliphatic rings. The Labute approximate surface area is 214 Å². The number of rotatable bonds is 7. The third kappa shape index (κ3) is 6.67. The van der Waals surface area contributed by atoms with Crippen molar-refractivity contribution in [2.45, 2.75) is 52.4 Å². The summed E-state index contributed by atoms with van der Waals surface area (Å²) in [5.74, 6) is 1.21. The zero-order chi connectivity index (χ0) is 27.0. The van der Waals surface area contributed by atoms with Crippen molar-refractivity contribution in [3.05, 3.63) is 42.5 Å². The number of carbonyl (C=O) groups is 1. The van der Waals surface area contributed by atoms with E-state index in [2.05, 4.69) is 35.4 Å². The third-order valence-electron chi connectivity index (χ3n) is 6.59. The maximum Gasteiger partial charge on any atom is 0.573 e. The van der Waals surface area contributed by atoms with Gasteiger partial charge in [0.05, 0.1) is 11.0 Å². The molecule has 1 amide bonds. The zero-order valence-corrected chi connectivity index (χ0v) is 21.7. The van der Waals surface area contributed by atoms with Gasteiger partial charge in [-0.05, 0) is 67.0 Å². The Balaban J connectivity index is 1.68. The SMILES string of the molecule is C[C@H]1C[C@@H](n2c(Nc3ccc(OC(F)(F)F)cc3)nc3cc(OCC(=O)N(C)C)ccc32)CC(C)(C)C1. The van der Waals surface area contributed by atoms with E-state index in [1.165, 1.54) is 29.2 Å². The molecule has 37 heavy (non-hydrogen) atoms. The van der Waals surface area contributed by atoms with Gasteiger partial charge >= 0.3 is 6.36 Å². The number of carbonyl (C=O) groups excluding carboxylic acids is 1. The highest BCUT2D eigenvalue weighted by Crippen LogP contribution is 2.46. The molecule has 0 spiro atoms. The van der Waals surface area contributed by atoms with E-state index in [-0.39, 0.29) is 29.7 Å². The van der Waals surface area contributed by atoms with Gasteiger partial charge in [0.1, 0.15) is 11.5 Å². The van der Waals surface area contributed by atoms with Crippen molar-refractivity contribution < 1.29 is 27.4 Å². The van der Waals surface area contributed by atoms with Crippen molar-refractivity contribution in [2.24, 2.45) is 11.3 Å². The Bertz CT molecular complexity index is 1250. The Hall–Kier alpha value is -3.43. The monoisotopic (exact) mass is 518 g/mol. The number of benzene rings is 2. The van der Waals surface area contributed by atoms with Crippen LogP contribution in [0.5, 0.6) is 11.5 Å². The molecule has 0 bridgehead atoms. The van der Waals surface area contributed by atoms with Crippen molar-refractivity contribution in [3.8, 4) is 11.5 Å². The average Bonchev–Trinajstić information content (AvgIpc) is 3.13. The largest absolute Gasteiger partial charge is 0.573 e. The van der Waals surface area contributed by atoms with Crippen LogP contribution in [0.15, 0.2) is 42.5 Å². The highest BCUT2D eigenvalue weighted by molar-refractivity contribution is 5.82. The fourth-order valence-electron chi connectivity index (χ4n) is 5.26. The van der Waals surface area contributed by atoms with Crippen LogP contribution in [0.4, 0.5) is 24.8 Å². The molecule has 0 radical (unpaired) electrons. The molecule has 4 rings (SSSR count). The van der Waals surface area contributed by atoms with Gasteiger partial charge in [0.25, 0.3) is 5.91 Å². The van der Waals surface area contributed by atoms with Crippen molar-refractivity contribution in [2.75, 3.05) is 26.0 Å². The maximum absolute atomic E-state index is 12.5. The highest BCUT2D eigenvalue weighted by atomic mass is 19.4. The summed E-state index contributed by atoms with van der Waals surface area (Å²) in [4.78, 5) is 18.2. The number of aromatic nitrogens is 2. The number of fused-ring (bicyclic) bond motifs is 1. The summed E-state index contributed by atoms with van der Waals surface area (Å²) in [5, 5.41) is 3.29. The van der Waals surface area contributed by atoms with Crippen molar-refractivity contribution in [3.63, 3.8) is 0 Å². The number of ether oxygens (including phenoxy) is 2. The van der Waals surface area contributed by atoms with E-state index in [0.29, 0.717) is 28.8 Å². The predicted molar refractivity (Wildman–Crippen MR) is 136 cm³/mol. The molecule has 0 saturated heterocycles. The summed E-state index contributed by atoms with van der Waals surface area (Å²) < 4.78 is 49.5. The van der Waals surface area contributed by atoms with E-state index < -0.39 is 6.36 Å². The average molecular weight is 519 g/mol. The van der Waals surface area contributed by atoms with Gasteiger partial charge < -0.3 is 24.3 Å². The first-order valence-electron chi connectivity index (χ1n) is 12.3. The van der Waals surface area contributed by atoms with Crippen molar-refractivity contribution >= 4 is 28.6 Å². The van der Waals surface area contributed by atoms with Crippen LogP contribution in [0.2, 0.25) is 0 Å². The van der Waals surface area contributed by atoms with Crippen molar-refractivity contribution in [1.82, 2.24) is 14.5 Å². The number of hydrogen-bond acceptors (Lipinski definition) is 5. The molecule has 3 aromatic rings. The van der Waals surface area contributed by atoms with Gasteiger partial charge in [0.2, 0.25) is 5.95 Å². The summed E-state index contributed by atoms with van der Waals surface area (Å²) in [5.41, 5.74) is 2.36. The van der Waals surface area contributed by atoms with E-state index in [4.69, 9.17) is 9.72 Å². The lowest BCUT2D eigenvalue weighted by Crippen LogP contribution is -2.29. The summed E-state index contributed by atoms with van der Waals surface area (Å²) >= 11 is 0. The molecule has 10 heteroatoms. The molecule has 7 nitrogen and oxygen atoms in total. The number of amides is 1. The molecule has 1 saturated carbocycles. The van der Waals surface area contributed by atoms with Crippen LogP contribution in [0, 0.1) is 11.3 Å². The van der Waals surface area contributed by atoms with Gasteiger partial charge in [-0.25, -0.2) is 4.98 Å². The van der Waals surface area contributed by atoms with Crippen LogP contribution in [0.1, 0.15) is 46.1 Å². The molecule has 1 aromatic heterocycles. The molecule has 1 aliphatic carbocycles. The van der Waals surface area contributed by atoms with Crippen LogP contribution in [-0.4, -0.2) is 47.4 Å². The molecule has 0 aliphatic heterocycles. The lowest BCUT2D eigenvalue weighted by molar-refractivity contribution is -0.274. The number of nitrogens with zero attached hydrogens (tertiary/aromatic N) is 3. The van der Waals surface area contributed by atoms with Gasteiger partial charge in [-0.3, -0.25) is 4.79 Å². The van der Waals surface area contributed by atoms with Crippen LogP contribution in [-0.2, 0) is 4.79 Å². The third-order valence-corrected chi connectivity index (χ3v) is 6.59. The molecule has 1 fully saturated rings. The van der Waals surface area contributed by atoms with E-state index in [1.807, 2.05) is 12.1 Å². The molecular weight excluding hydrogens is 485 g/mol. The number of halogens is 3. The summed E-state index contributed by atoms with van der Waals surface area (Å²) in [6.07, 6.45) is -1.66. The van der Waals surface area contributed by atoms with E-state index in [0.717, 1.165) is 24.8 Å². The van der Waals surface area contributed by atoms with Gasteiger partial charge in [-0.15, -0.1) is 13.2 Å². The van der Waals surface area contributed by atoms with E-state index in [1.54, 1.807) is 20.2 Å². The Morgan fingerprint density at radius 2 is 1.81 bits per heavy atom. The minimum Gasteiger partial charge on any atom is -0.484 e. The first kappa shape index (κ1) is 26.6. The minimum absolute atomic E-state index is 0.0784. The smallest absolute Gasteiger partial charge is 0.484 e. The van der Waals surface area contributed by atoms with Crippen LogP contribution < -0.4 is 14.8 Å². The predicted octanol–water partition coefficient (Wildman–Crippen LogP) is 6.53. The number of likely N-dealkylation sites (N-methyl/N-ethyl adjacent to an activating group) is 1. The number of hydrogen-bond donors (Lipinski definition) is 1. The van der Waals surface area contributed by atoms with E-state index >= 15 is 0 Å². The summed E-state index contributed by atoms with van der Waals surface area (Å²) in [6.45, 7) is 6.72. The lowest BCUT2D eigenvalue weighted by atomic mass is 9.70. The van der Waals surface area contributed by atoms with Crippen LogP contribution >= 0.6 is 0 Å². The fourth-order valence-corrected chi connectivity index (χ4v) is 5.26. The number of imidazole rings is 1. The number of nitrogens with one attached hydrogen (secondary N) is 1. The first-order chi connectivity index (χ1) is 17.3. The molecule has 1 N–H and O–H groups in total. The lowest BCUT2D eigenvalue weighted by Gasteiger charge is -2.40. The second-order valence-corrected chi connectivity index (χ2v) is 10.8. The quantitative estimate of drug-likeness (QED) is 0.385. The normalized spacial score (nSPS) is 19.5. The van der Waals surface area contributed by atoms with Gasteiger partial charge in [-0.2, -0.15) is 0 Å².